The van der Waals surface area contributed by atoms with Crippen LogP contribution in [0.15, 0.2) is 18.2 Å². The molecule has 0 radical (unpaired) electrons. The van der Waals surface area contributed by atoms with Crippen LogP contribution >= 0.6 is 0 Å². The van der Waals surface area contributed by atoms with Gasteiger partial charge in [-0.2, -0.15) is 0 Å². The van der Waals surface area contributed by atoms with E-state index in [0.29, 0.717) is 6.54 Å². The van der Waals surface area contributed by atoms with Gasteiger partial charge >= 0.3 is 0 Å². The molecule has 1 aromatic rings. The van der Waals surface area contributed by atoms with E-state index in [0.717, 1.165) is 37.2 Å². The summed E-state index contributed by atoms with van der Waals surface area (Å²) in [5.41, 5.74) is 9.07. The first-order valence-electron chi connectivity index (χ1n) is 7.03. The highest BCUT2D eigenvalue weighted by Gasteiger charge is 2.23. The Kier molecular flexibility index (Phi) is 4.30. The van der Waals surface area contributed by atoms with Crippen molar-refractivity contribution in [2.75, 3.05) is 23.7 Å². The molecule has 1 heterocycles. The Morgan fingerprint density at radius 1 is 1.53 bits per heavy atom. The fourth-order valence-electron chi connectivity index (χ4n) is 2.72. The summed E-state index contributed by atoms with van der Waals surface area (Å²) in [4.78, 5) is 14.1. The number of nitrogen functional groups attached to an aromatic ring is 1. The summed E-state index contributed by atoms with van der Waals surface area (Å²) in [6.45, 7) is 5.45. The van der Waals surface area contributed by atoms with E-state index in [2.05, 4.69) is 23.2 Å². The largest absolute Gasteiger partial charge is 0.397 e. The third-order valence-electron chi connectivity index (χ3n) is 3.58. The highest BCUT2D eigenvalue weighted by atomic mass is 16.2. The maximum atomic E-state index is 12.0. The molecule has 0 fully saturated rings. The summed E-state index contributed by atoms with van der Waals surface area (Å²) in [5.74, 6) is 0.0806. The topological polar surface area (TPSA) is 58.4 Å². The first kappa shape index (κ1) is 13.7. The number of hydrogen-bond acceptors (Lipinski definition) is 3. The maximum Gasteiger partial charge on any atom is 0.239 e. The number of hydrogen-bond donors (Lipinski definition) is 2. The van der Waals surface area contributed by atoms with E-state index in [1.54, 1.807) is 0 Å². The first-order valence-corrected chi connectivity index (χ1v) is 7.03. The first-order chi connectivity index (χ1) is 9.11. The zero-order valence-electron chi connectivity index (χ0n) is 11.8. The molecule has 2 rings (SSSR count). The average molecular weight is 261 g/mol. The molecule has 104 valence electrons. The lowest BCUT2D eigenvalue weighted by atomic mass is 10.1. The second-order valence-corrected chi connectivity index (χ2v) is 5.28. The maximum absolute atomic E-state index is 12.0. The second-order valence-electron chi connectivity index (χ2n) is 5.28. The van der Waals surface area contributed by atoms with Crippen molar-refractivity contribution >= 4 is 17.3 Å². The van der Waals surface area contributed by atoms with Gasteiger partial charge in [-0.3, -0.25) is 4.79 Å². The minimum atomic E-state index is 0.0806. The predicted octanol–water partition coefficient (Wildman–Crippen LogP) is 1.94. The third-order valence-corrected chi connectivity index (χ3v) is 3.58. The number of rotatable bonds is 5. The van der Waals surface area contributed by atoms with Crippen LogP contribution in [0, 0.1) is 0 Å². The quantitative estimate of drug-likeness (QED) is 0.796. The van der Waals surface area contributed by atoms with Gasteiger partial charge in [-0.1, -0.05) is 25.5 Å². The zero-order chi connectivity index (χ0) is 13.8. The number of nitrogens with one attached hydrogen (secondary N) is 1. The number of nitrogens with zero attached hydrogens (tertiary/aromatic N) is 1. The Bertz CT molecular complexity index is 459. The number of benzene rings is 1. The molecule has 1 aliphatic heterocycles. The van der Waals surface area contributed by atoms with Crippen LogP contribution in [0.5, 0.6) is 0 Å². The Hall–Kier alpha value is -1.71. The minimum Gasteiger partial charge on any atom is -0.397 e. The molecule has 1 aliphatic rings. The Morgan fingerprint density at radius 2 is 2.32 bits per heavy atom. The molecule has 0 aliphatic carbocycles. The lowest BCUT2D eigenvalue weighted by molar-refractivity contribution is -0.120. The van der Waals surface area contributed by atoms with E-state index < -0.39 is 0 Å². The molecule has 0 bridgehead atoms. The van der Waals surface area contributed by atoms with Crippen molar-refractivity contribution in [1.82, 2.24) is 5.32 Å². The molecule has 0 aromatic heterocycles. The molecular weight excluding hydrogens is 238 g/mol. The molecule has 0 saturated heterocycles. The summed E-state index contributed by atoms with van der Waals surface area (Å²) >= 11 is 0. The lowest BCUT2D eigenvalue weighted by Gasteiger charge is -2.21. The molecule has 4 heteroatoms. The van der Waals surface area contributed by atoms with E-state index in [4.69, 9.17) is 5.73 Å². The second kappa shape index (κ2) is 5.95. The molecule has 4 nitrogen and oxygen atoms in total. The van der Waals surface area contributed by atoms with Crippen LogP contribution in [-0.2, 0) is 11.2 Å². The van der Waals surface area contributed by atoms with Crippen LogP contribution < -0.4 is 16.0 Å². The van der Waals surface area contributed by atoms with E-state index in [9.17, 15) is 4.79 Å². The van der Waals surface area contributed by atoms with E-state index in [1.165, 1.54) is 5.56 Å². The monoisotopic (exact) mass is 261 g/mol. The van der Waals surface area contributed by atoms with Crippen molar-refractivity contribution in [3.05, 3.63) is 23.8 Å². The summed E-state index contributed by atoms with van der Waals surface area (Å²) in [6, 6.07) is 6.20. The SMILES string of the molecule is CCCC(C)NC(=O)CN1CCc2cccc(N)c21. The fourth-order valence-corrected chi connectivity index (χ4v) is 2.72. The number of amides is 1. The van der Waals surface area contributed by atoms with Gasteiger partial charge in [0.1, 0.15) is 0 Å². The van der Waals surface area contributed by atoms with Crippen LogP contribution in [0.25, 0.3) is 0 Å². The van der Waals surface area contributed by atoms with Crippen LogP contribution in [0.4, 0.5) is 11.4 Å². The number of carbonyl (C=O) groups is 1. The van der Waals surface area contributed by atoms with Gasteiger partial charge in [0, 0.05) is 12.6 Å². The Balaban J connectivity index is 1.97. The summed E-state index contributed by atoms with van der Waals surface area (Å²) in [7, 11) is 0. The van der Waals surface area contributed by atoms with Gasteiger partial charge in [0.05, 0.1) is 17.9 Å². The fraction of sp³-hybridized carbons (Fsp3) is 0.533. The van der Waals surface area contributed by atoms with Crippen molar-refractivity contribution in [2.45, 2.75) is 39.2 Å². The normalized spacial score (nSPS) is 15.2. The molecule has 1 amide bonds. The van der Waals surface area contributed by atoms with Crippen LogP contribution in [0.3, 0.4) is 0 Å². The van der Waals surface area contributed by atoms with Crippen molar-refractivity contribution < 1.29 is 4.79 Å². The number of carbonyl (C=O) groups excluding carboxylic acids is 1. The van der Waals surface area contributed by atoms with E-state index in [-0.39, 0.29) is 11.9 Å². The molecule has 1 aromatic carbocycles. The molecular formula is C15H23N3O. The van der Waals surface area contributed by atoms with E-state index >= 15 is 0 Å². The minimum absolute atomic E-state index is 0.0806. The Morgan fingerprint density at radius 3 is 3.05 bits per heavy atom. The third kappa shape index (κ3) is 3.19. The predicted molar refractivity (Wildman–Crippen MR) is 79.3 cm³/mol. The lowest BCUT2D eigenvalue weighted by Crippen LogP contribution is -2.40. The summed E-state index contributed by atoms with van der Waals surface area (Å²) in [5, 5.41) is 3.04. The zero-order valence-corrected chi connectivity index (χ0v) is 11.8. The van der Waals surface area contributed by atoms with E-state index in [1.807, 2.05) is 19.1 Å². The number of nitrogens with two attached hydrogens (primary N) is 1. The van der Waals surface area contributed by atoms with Crippen molar-refractivity contribution in [1.29, 1.82) is 0 Å². The Labute approximate surface area is 115 Å². The van der Waals surface area contributed by atoms with Gasteiger partial charge in [0.25, 0.3) is 0 Å². The molecule has 3 N–H and O–H groups in total. The highest BCUT2D eigenvalue weighted by Crippen LogP contribution is 2.33. The molecule has 19 heavy (non-hydrogen) atoms. The summed E-state index contributed by atoms with van der Waals surface area (Å²) in [6.07, 6.45) is 3.07. The highest BCUT2D eigenvalue weighted by molar-refractivity contribution is 5.85. The van der Waals surface area contributed by atoms with Crippen LogP contribution in [0.1, 0.15) is 32.3 Å². The van der Waals surface area contributed by atoms with Gasteiger partial charge in [-0.25, -0.2) is 0 Å². The molecule has 0 spiro atoms. The van der Waals surface area contributed by atoms with Crippen molar-refractivity contribution in [3.8, 4) is 0 Å². The van der Waals surface area contributed by atoms with Gasteiger partial charge in [-0.15, -0.1) is 0 Å². The standard InChI is InChI=1S/C15H23N3O/c1-3-5-11(2)17-14(19)10-18-9-8-12-6-4-7-13(16)15(12)18/h4,6-7,11H,3,5,8-10,16H2,1-2H3,(H,17,19). The van der Waals surface area contributed by atoms with Gasteiger partial charge in [-0.05, 0) is 31.4 Å². The van der Waals surface area contributed by atoms with Gasteiger partial charge in [0.15, 0.2) is 0 Å². The average Bonchev–Trinajstić information content (AvgIpc) is 2.74. The summed E-state index contributed by atoms with van der Waals surface area (Å²) < 4.78 is 0. The van der Waals surface area contributed by atoms with Crippen molar-refractivity contribution in [3.63, 3.8) is 0 Å². The smallest absolute Gasteiger partial charge is 0.239 e. The van der Waals surface area contributed by atoms with Gasteiger partial charge < -0.3 is 16.0 Å². The number of para-hydroxylation sites is 1. The van der Waals surface area contributed by atoms with Gasteiger partial charge in [0.2, 0.25) is 5.91 Å². The molecule has 1 atom stereocenters. The van der Waals surface area contributed by atoms with Crippen molar-refractivity contribution in [2.24, 2.45) is 0 Å². The molecule has 0 saturated carbocycles. The van der Waals surface area contributed by atoms with Crippen LogP contribution in [0.2, 0.25) is 0 Å². The van der Waals surface area contributed by atoms with Crippen LogP contribution in [-0.4, -0.2) is 25.0 Å². The number of fused-ring (bicyclic) bond motifs is 1. The number of anilines is 2. The molecule has 1 unspecified atom stereocenters.